The fourth-order valence-corrected chi connectivity index (χ4v) is 2.74. The third kappa shape index (κ3) is 4.67. The summed E-state index contributed by atoms with van der Waals surface area (Å²) in [5, 5.41) is 0. The molecule has 6 heteroatoms. The number of ketones is 1. The minimum absolute atomic E-state index is 0.0363. The van der Waals surface area contributed by atoms with Gasteiger partial charge in [-0.1, -0.05) is 18.2 Å². The molecule has 0 aliphatic carbocycles. The van der Waals surface area contributed by atoms with Crippen molar-refractivity contribution in [2.45, 2.75) is 6.61 Å². The number of morpholine rings is 1. The minimum atomic E-state index is -2.91. The fourth-order valence-electron chi connectivity index (χ4n) is 2.74. The Morgan fingerprint density at radius 2 is 1.77 bits per heavy atom. The predicted octanol–water partition coefficient (Wildman–Crippen LogP) is 4.02. The van der Waals surface area contributed by atoms with Gasteiger partial charge in [0.1, 0.15) is 5.75 Å². The Bertz CT molecular complexity index is 769. The lowest BCUT2D eigenvalue weighted by Crippen LogP contribution is -2.36. The molecule has 0 aromatic heterocycles. The van der Waals surface area contributed by atoms with Crippen LogP contribution in [0.15, 0.2) is 54.6 Å². The maximum absolute atomic E-state index is 12.4. The van der Waals surface area contributed by atoms with Gasteiger partial charge in [-0.25, -0.2) is 0 Å². The lowest BCUT2D eigenvalue weighted by Gasteiger charge is -2.28. The summed E-state index contributed by atoms with van der Waals surface area (Å²) in [4.78, 5) is 14.5. The first-order valence-electron chi connectivity index (χ1n) is 8.32. The number of para-hydroxylation sites is 1. The van der Waals surface area contributed by atoms with E-state index in [1.807, 2.05) is 12.1 Å². The van der Waals surface area contributed by atoms with Crippen LogP contribution in [0.3, 0.4) is 0 Å². The number of rotatable bonds is 6. The van der Waals surface area contributed by atoms with Crippen molar-refractivity contribution in [1.29, 1.82) is 0 Å². The molecule has 26 heavy (non-hydrogen) atoms. The second kappa shape index (κ2) is 8.58. The van der Waals surface area contributed by atoms with Crippen molar-refractivity contribution in [3.05, 3.63) is 65.7 Å². The van der Waals surface area contributed by atoms with Gasteiger partial charge in [-0.05, 0) is 42.5 Å². The number of ether oxygens (including phenoxy) is 2. The summed E-state index contributed by atoms with van der Waals surface area (Å²) in [6, 6.07) is 13.7. The maximum atomic E-state index is 12.4. The van der Waals surface area contributed by atoms with Gasteiger partial charge in [-0.15, -0.1) is 0 Å². The number of halogens is 2. The van der Waals surface area contributed by atoms with Crippen LogP contribution in [0.5, 0.6) is 5.75 Å². The Morgan fingerprint density at radius 3 is 2.46 bits per heavy atom. The van der Waals surface area contributed by atoms with E-state index in [2.05, 4.69) is 9.64 Å². The zero-order chi connectivity index (χ0) is 18.4. The lowest BCUT2D eigenvalue weighted by molar-refractivity contribution is -0.0499. The molecule has 136 valence electrons. The largest absolute Gasteiger partial charge is 0.434 e. The van der Waals surface area contributed by atoms with Gasteiger partial charge in [0.25, 0.3) is 0 Å². The van der Waals surface area contributed by atoms with Crippen LogP contribution in [-0.4, -0.2) is 38.7 Å². The summed E-state index contributed by atoms with van der Waals surface area (Å²) in [5.41, 5.74) is 2.00. The van der Waals surface area contributed by atoms with Crippen molar-refractivity contribution in [3.63, 3.8) is 0 Å². The number of benzene rings is 2. The van der Waals surface area contributed by atoms with E-state index in [0.29, 0.717) is 24.3 Å². The van der Waals surface area contributed by atoms with E-state index in [0.717, 1.165) is 18.8 Å². The zero-order valence-corrected chi connectivity index (χ0v) is 14.1. The van der Waals surface area contributed by atoms with Crippen LogP contribution in [0, 0.1) is 0 Å². The molecular formula is C20H19F2NO3. The second-order valence-corrected chi connectivity index (χ2v) is 5.76. The van der Waals surface area contributed by atoms with E-state index < -0.39 is 6.61 Å². The average molecular weight is 359 g/mol. The Labute approximate surface area is 150 Å². The highest BCUT2D eigenvalue weighted by Crippen LogP contribution is 2.22. The molecule has 4 nitrogen and oxygen atoms in total. The van der Waals surface area contributed by atoms with Gasteiger partial charge in [-0.2, -0.15) is 8.78 Å². The highest BCUT2D eigenvalue weighted by atomic mass is 19.3. The van der Waals surface area contributed by atoms with E-state index >= 15 is 0 Å². The standard InChI is InChI=1S/C20H19F2NO3/c21-20(22)26-19-4-2-1-3-16(19)7-10-18(24)15-5-8-17(9-6-15)23-11-13-25-14-12-23/h1-10,20H,11-14H2/b10-7+. The van der Waals surface area contributed by atoms with Gasteiger partial charge in [0.15, 0.2) is 5.78 Å². The molecule has 0 bridgehead atoms. The van der Waals surface area contributed by atoms with E-state index in [9.17, 15) is 13.6 Å². The molecule has 0 unspecified atom stereocenters. The number of anilines is 1. The first-order valence-corrected chi connectivity index (χ1v) is 8.32. The van der Waals surface area contributed by atoms with Crippen molar-refractivity contribution in [2.24, 2.45) is 0 Å². The number of nitrogens with zero attached hydrogens (tertiary/aromatic N) is 1. The number of carbonyl (C=O) groups is 1. The van der Waals surface area contributed by atoms with Crippen molar-refractivity contribution in [3.8, 4) is 5.75 Å². The van der Waals surface area contributed by atoms with Crippen LogP contribution < -0.4 is 9.64 Å². The number of alkyl halides is 2. The van der Waals surface area contributed by atoms with Crippen LogP contribution in [0.4, 0.5) is 14.5 Å². The quantitative estimate of drug-likeness (QED) is 0.577. The van der Waals surface area contributed by atoms with Crippen molar-refractivity contribution < 1.29 is 23.0 Å². The van der Waals surface area contributed by atoms with Crippen molar-refractivity contribution in [1.82, 2.24) is 0 Å². The van der Waals surface area contributed by atoms with Gasteiger partial charge < -0.3 is 14.4 Å². The molecule has 1 aliphatic heterocycles. The van der Waals surface area contributed by atoms with Crippen molar-refractivity contribution >= 4 is 17.5 Å². The summed E-state index contributed by atoms with van der Waals surface area (Å²) in [5.74, 6) is -0.167. The predicted molar refractivity (Wildman–Crippen MR) is 95.9 cm³/mol. The number of hydrogen-bond acceptors (Lipinski definition) is 4. The molecule has 0 spiro atoms. The summed E-state index contributed by atoms with van der Waals surface area (Å²) in [6.45, 7) is 0.142. The first kappa shape index (κ1) is 18.1. The van der Waals surface area contributed by atoms with Crippen LogP contribution in [0.25, 0.3) is 6.08 Å². The second-order valence-electron chi connectivity index (χ2n) is 5.76. The van der Waals surface area contributed by atoms with E-state index in [4.69, 9.17) is 4.74 Å². The Kier molecular flexibility index (Phi) is 5.96. The maximum Gasteiger partial charge on any atom is 0.387 e. The highest BCUT2D eigenvalue weighted by molar-refractivity contribution is 6.07. The Hall–Kier alpha value is -2.73. The molecule has 2 aromatic rings. The van der Waals surface area contributed by atoms with Crippen LogP contribution in [-0.2, 0) is 4.74 Å². The molecule has 0 atom stereocenters. The average Bonchev–Trinajstić information content (AvgIpc) is 2.67. The summed E-state index contributed by atoms with van der Waals surface area (Å²) < 4.78 is 34.6. The number of allylic oxidation sites excluding steroid dienone is 1. The SMILES string of the molecule is O=C(/C=C/c1ccccc1OC(F)F)c1ccc(N2CCOCC2)cc1. The van der Waals surface area contributed by atoms with E-state index in [1.54, 1.807) is 30.3 Å². The molecule has 2 aromatic carbocycles. The number of hydrogen-bond donors (Lipinski definition) is 0. The van der Waals surface area contributed by atoms with Crippen LogP contribution in [0.2, 0.25) is 0 Å². The topological polar surface area (TPSA) is 38.8 Å². The van der Waals surface area contributed by atoms with E-state index in [1.165, 1.54) is 18.2 Å². The fraction of sp³-hybridized carbons (Fsp3) is 0.250. The third-order valence-corrected chi connectivity index (χ3v) is 4.08. The lowest BCUT2D eigenvalue weighted by atomic mass is 10.1. The third-order valence-electron chi connectivity index (χ3n) is 4.08. The van der Waals surface area contributed by atoms with Gasteiger partial charge in [0, 0.05) is 29.9 Å². The van der Waals surface area contributed by atoms with E-state index in [-0.39, 0.29) is 11.5 Å². The summed E-state index contributed by atoms with van der Waals surface area (Å²) in [6.07, 6.45) is 2.84. The van der Waals surface area contributed by atoms with Gasteiger partial charge >= 0.3 is 6.61 Å². The van der Waals surface area contributed by atoms with Gasteiger partial charge in [0.05, 0.1) is 13.2 Å². The number of carbonyl (C=O) groups excluding carboxylic acids is 1. The molecule has 0 amide bonds. The zero-order valence-electron chi connectivity index (χ0n) is 14.1. The molecule has 0 saturated carbocycles. The monoisotopic (exact) mass is 359 g/mol. The molecule has 0 radical (unpaired) electrons. The summed E-state index contributed by atoms with van der Waals surface area (Å²) >= 11 is 0. The normalized spacial score (nSPS) is 14.8. The molecule has 1 saturated heterocycles. The minimum Gasteiger partial charge on any atom is -0.434 e. The molecule has 1 heterocycles. The van der Waals surface area contributed by atoms with Crippen molar-refractivity contribution in [2.75, 3.05) is 31.2 Å². The summed E-state index contributed by atoms with van der Waals surface area (Å²) in [7, 11) is 0. The molecule has 1 fully saturated rings. The Balaban J connectivity index is 1.69. The van der Waals surface area contributed by atoms with Crippen LogP contribution >= 0.6 is 0 Å². The molecule has 3 rings (SSSR count). The van der Waals surface area contributed by atoms with Gasteiger partial charge in [0.2, 0.25) is 0 Å². The van der Waals surface area contributed by atoms with Gasteiger partial charge in [-0.3, -0.25) is 4.79 Å². The molecular weight excluding hydrogens is 340 g/mol. The highest BCUT2D eigenvalue weighted by Gasteiger charge is 2.12. The Morgan fingerprint density at radius 1 is 1.08 bits per heavy atom. The first-order chi connectivity index (χ1) is 12.6. The molecule has 1 aliphatic rings. The smallest absolute Gasteiger partial charge is 0.387 e. The van der Waals surface area contributed by atoms with Crippen LogP contribution in [0.1, 0.15) is 15.9 Å². The molecule has 0 N–H and O–H groups in total.